The van der Waals surface area contributed by atoms with Crippen molar-refractivity contribution in [2.45, 2.75) is 0 Å². The summed E-state index contributed by atoms with van der Waals surface area (Å²) in [5, 5.41) is 124. The lowest BCUT2D eigenvalue weighted by atomic mass is 9.93. The first-order valence-electron chi connectivity index (χ1n) is 30.5. The van der Waals surface area contributed by atoms with Crippen molar-refractivity contribution in [2.75, 3.05) is 19.6 Å². The Morgan fingerprint density at radius 2 is 0.320 bits per heavy atom. The Bertz CT molecular complexity index is 5780. The Labute approximate surface area is 575 Å². The van der Waals surface area contributed by atoms with Gasteiger partial charge in [-0.15, -0.1) is 0 Å². The lowest BCUT2D eigenvalue weighted by Gasteiger charge is -2.28. The summed E-state index contributed by atoms with van der Waals surface area (Å²) in [4.78, 5) is 7.40. The molecular weight excluding hydrogens is 1230 g/mol. The molecule has 0 unspecified atom stereocenters. The van der Waals surface area contributed by atoms with E-state index in [1.54, 1.807) is 237 Å². The Balaban J connectivity index is 0.897. The molecule has 16 nitrogen and oxygen atoms in total. The van der Waals surface area contributed by atoms with E-state index in [-0.39, 0.29) is 33.4 Å². The lowest BCUT2D eigenvalue weighted by molar-refractivity contribution is 1.26. The molecule has 16 heteroatoms. The molecule has 0 spiro atoms. The van der Waals surface area contributed by atoms with Gasteiger partial charge in [-0.05, 0) is 212 Å². The van der Waals surface area contributed by atoms with Crippen LogP contribution in [0.4, 0.5) is 68.2 Å². The molecule has 12 rings (SSSR count). The lowest BCUT2D eigenvalue weighted by Crippen LogP contribution is -2.12. The fraction of sp³-hybridized carbons (Fsp3) is 0. The van der Waals surface area contributed by atoms with Crippen LogP contribution in [0.15, 0.2) is 255 Å². The van der Waals surface area contributed by atoms with Crippen LogP contribution in [0.5, 0.6) is 0 Å². The first-order chi connectivity index (χ1) is 49.0. The highest BCUT2D eigenvalue weighted by Crippen LogP contribution is 2.46. The third-order valence-electron chi connectivity index (χ3n) is 16.7. The summed E-state index contributed by atoms with van der Waals surface area (Å²) >= 11 is 0. The topological polar surface area (TPSA) is 298 Å². The van der Waals surface area contributed by atoms with Crippen LogP contribution < -0.4 is 19.6 Å². The van der Waals surface area contributed by atoms with E-state index in [0.717, 1.165) is 0 Å². The maximum Gasteiger partial charge on any atom is 0.0998 e. The maximum absolute atomic E-state index is 11.0. The van der Waals surface area contributed by atoms with Crippen LogP contribution in [0, 0.1) is 136 Å². The van der Waals surface area contributed by atoms with Gasteiger partial charge in [0.15, 0.2) is 0 Å². The maximum atomic E-state index is 11.0. The Hall–Kier alpha value is -16.3. The molecule has 0 saturated heterocycles. The number of benzene rings is 12. The molecule has 0 heterocycles. The average molecular weight is 1280 g/mol. The van der Waals surface area contributed by atoms with Crippen LogP contribution in [0.3, 0.4) is 0 Å². The molecule has 0 bridgehead atoms. The van der Waals surface area contributed by atoms with Crippen molar-refractivity contribution in [3.05, 3.63) is 322 Å². The molecule has 12 aromatic carbocycles. The molecule has 0 aliphatic rings. The second-order valence-electron chi connectivity index (χ2n) is 22.3. The smallest absolute Gasteiger partial charge is 0.0998 e. The SMILES string of the molecule is N#Cc1ccc(N(c2ccc(C#N)cc2)c2ccc(-c3ccc(N(c4ccc(C#N)cc4)c4ccc(-c5ccc(N(c6ccc(C#N)cc6)c6ccc(-c7ccc(N(c8ccc(C#N)cc8)c8cccc(C#N)c8)cc7C#N)c(C#N)c6)cc5C#N)c(C#N)c4)cc3C#N)c(C#N)c2)cc1. The molecule has 0 fully saturated rings. The van der Waals surface area contributed by atoms with E-state index in [2.05, 4.69) is 72.8 Å². The number of anilines is 12. The van der Waals surface area contributed by atoms with E-state index in [9.17, 15) is 63.1 Å². The van der Waals surface area contributed by atoms with Crippen LogP contribution in [-0.4, -0.2) is 0 Å². The van der Waals surface area contributed by atoms with E-state index in [1.807, 2.05) is 37.8 Å². The molecule has 0 atom stereocenters. The van der Waals surface area contributed by atoms with E-state index in [4.69, 9.17) is 0 Å². The van der Waals surface area contributed by atoms with E-state index in [0.29, 0.717) is 135 Å². The van der Waals surface area contributed by atoms with Gasteiger partial charge in [-0.3, -0.25) is 0 Å². The zero-order chi connectivity index (χ0) is 69.8. The van der Waals surface area contributed by atoms with Crippen molar-refractivity contribution in [2.24, 2.45) is 0 Å². The Morgan fingerprint density at radius 3 is 0.500 bits per heavy atom. The molecule has 12 aromatic rings. The first kappa shape index (κ1) is 63.9. The summed E-state index contributed by atoms with van der Waals surface area (Å²) in [5.74, 6) is 0. The number of nitrogens with zero attached hydrogens (tertiary/aromatic N) is 16. The fourth-order valence-electron chi connectivity index (χ4n) is 11.9. The van der Waals surface area contributed by atoms with Crippen LogP contribution in [0.25, 0.3) is 33.4 Å². The Morgan fingerprint density at radius 1 is 0.150 bits per heavy atom. The molecule has 100 heavy (non-hydrogen) atoms. The van der Waals surface area contributed by atoms with Crippen molar-refractivity contribution in [1.29, 1.82) is 63.1 Å². The summed E-state index contributed by atoms with van der Waals surface area (Å²) < 4.78 is 0. The van der Waals surface area contributed by atoms with E-state index in [1.165, 1.54) is 0 Å². The Kier molecular flexibility index (Phi) is 18.1. The first-order valence-corrected chi connectivity index (χ1v) is 30.5. The monoisotopic (exact) mass is 1270 g/mol. The van der Waals surface area contributed by atoms with Gasteiger partial charge in [0.1, 0.15) is 0 Å². The summed E-state index contributed by atoms with van der Waals surface area (Å²) in [5.41, 5.74) is 13.5. The number of hydrogen-bond acceptors (Lipinski definition) is 16. The standard InChI is InChI=1S/C84H42N16/c85-43-55-4-14-67(15-5-55)97(68-16-6-56(44-86)7-17-68)73-24-30-79(61(37-73)49-91)81-32-26-75(39-63(81)51-93)99(70-20-10-58(46-88)11-21-70)77-28-34-83(65(41-77)53-95)84-35-29-78(42-66(84)54-96)100(71-22-12-59(47-89)13-23-71)76-27-33-82(64(40-76)52-94)80-31-25-74(38-62(80)50-92)98(69-18-8-57(45-87)9-19-69)72-3-1-2-60(36-72)48-90/h1-42H. The zero-order valence-corrected chi connectivity index (χ0v) is 52.4. The van der Waals surface area contributed by atoms with Crippen LogP contribution in [0.2, 0.25) is 0 Å². The minimum Gasteiger partial charge on any atom is -0.310 e. The van der Waals surface area contributed by atoms with Gasteiger partial charge in [-0.2, -0.15) is 63.1 Å². The number of nitriles is 12. The van der Waals surface area contributed by atoms with Gasteiger partial charge in [-0.1, -0.05) is 42.5 Å². The molecule has 0 aliphatic heterocycles. The molecule has 0 aromatic heterocycles. The molecule has 0 aliphatic carbocycles. The van der Waals surface area contributed by atoms with Crippen LogP contribution in [-0.2, 0) is 0 Å². The van der Waals surface area contributed by atoms with Gasteiger partial charge >= 0.3 is 0 Å². The molecule has 0 amide bonds. The minimum atomic E-state index is 0.185. The predicted molar refractivity (Wildman–Crippen MR) is 378 cm³/mol. The largest absolute Gasteiger partial charge is 0.310 e. The zero-order valence-electron chi connectivity index (χ0n) is 52.4. The summed E-state index contributed by atoms with van der Waals surface area (Å²) in [6, 6.07) is 99.6. The van der Waals surface area contributed by atoms with Gasteiger partial charge in [0.25, 0.3) is 0 Å². The van der Waals surface area contributed by atoms with E-state index < -0.39 is 0 Å². The third kappa shape index (κ3) is 12.6. The van der Waals surface area contributed by atoms with Crippen LogP contribution >= 0.6 is 0 Å². The highest BCUT2D eigenvalue weighted by Gasteiger charge is 2.25. The minimum absolute atomic E-state index is 0.185. The highest BCUT2D eigenvalue weighted by atomic mass is 15.2. The second-order valence-corrected chi connectivity index (χ2v) is 22.3. The number of hydrogen-bond donors (Lipinski definition) is 0. The van der Waals surface area contributed by atoms with Gasteiger partial charge in [0, 0.05) is 102 Å². The van der Waals surface area contributed by atoms with Crippen molar-refractivity contribution in [1.82, 2.24) is 0 Å². The third-order valence-corrected chi connectivity index (χ3v) is 16.7. The summed E-state index contributed by atoms with van der Waals surface area (Å²) in [6.45, 7) is 0. The second kappa shape index (κ2) is 28.3. The van der Waals surface area contributed by atoms with Gasteiger partial charge < -0.3 is 19.6 Å². The molecule has 0 radical (unpaired) electrons. The van der Waals surface area contributed by atoms with Crippen molar-refractivity contribution >= 4 is 68.2 Å². The van der Waals surface area contributed by atoms with Crippen molar-refractivity contribution < 1.29 is 0 Å². The van der Waals surface area contributed by atoms with Crippen molar-refractivity contribution in [3.8, 4) is 106 Å². The predicted octanol–water partition coefficient (Wildman–Crippen LogP) is 19.0. The van der Waals surface area contributed by atoms with E-state index >= 15 is 0 Å². The summed E-state index contributed by atoms with van der Waals surface area (Å²) in [7, 11) is 0. The normalized spacial score (nSPS) is 10.1. The van der Waals surface area contributed by atoms with Gasteiger partial charge in [-0.25, -0.2) is 0 Å². The molecule has 0 saturated carbocycles. The highest BCUT2D eigenvalue weighted by molar-refractivity contribution is 5.91. The summed E-state index contributed by atoms with van der Waals surface area (Å²) in [6.07, 6.45) is 0. The molecule has 458 valence electrons. The average Bonchev–Trinajstić information content (AvgIpc) is 0.777. The quantitative estimate of drug-likeness (QED) is 0.0921. The molecular formula is C84H42N16. The number of rotatable bonds is 15. The van der Waals surface area contributed by atoms with Gasteiger partial charge in [0.2, 0.25) is 0 Å². The van der Waals surface area contributed by atoms with Crippen molar-refractivity contribution in [3.63, 3.8) is 0 Å². The fourth-order valence-corrected chi connectivity index (χ4v) is 11.9. The van der Waals surface area contributed by atoms with Crippen LogP contribution in [0.1, 0.15) is 66.8 Å². The molecule has 0 N–H and O–H groups in total. The van der Waals surface area contributed by atoms with Gasteiger partial charge in [0.05, 0.1) is 140 Å².